The van der Waals surface area contributed by atoms with Crippen molar-refractivity contribution < 1.29 is 18.5 Å². The van der Waals surface area contributed by atoms with E-state index in [1.165, 1.54) is 19.3 Å². The normalized spacial score (nSPS) is 11.3. The molecule has 1 N–H and O–H groups in total. The van der Waals surface area contributed by atoms with E-state index in [-0.39, 0.29) is 19.5 Å². The zero-order valence-electron chi connectivity index (χ0n) is 10.3. The summed E-state index contributed by atoms with van der Waals surface area (Å²) in [4.78, 5) is 24.7. The van der Waals surface area contributed by atoms with Gasteiger partial charge in [0, 0.05) is 19.4 Å². The van der Waals surface area contributed by atoms with Crippen LogP contribution < -0.4 is 5.32 Å². The third-order valence-corrected chi connectivity index (χ3v) is 2.50. The molecule has 0 radical (unpaired) electrons. The minimum absolute atomic E-state index is 0.178. The van der Waals surface area contributed by atoms with Crippen molar-refractivity contribution in [1.29, 1.82) is 0 Å². The van der Waals surface area contributed by atoms with Gasteiger partial charge in [-0.3, -0.25) is 4.79 Å². The number of nitrogens with one attached hydrogen (secondary N) is 1. The molecule has 1 heterocycles. The van der Waals surface area contributed by atoms with Gasteiger partial charge >= 0.3 is 5.95 Å². The van der Waals surface area contributed by atoms with Crippen LogP contribution in [0.3, 0.4) is 0 Å². The third kappa shape index (κ3) is 4.60. The van der Waals surface area contributed by atoms with Gasteiger partial charge in [-0.2, -0.15) is 0 Å². The number of carbonyl (C=O) groups excluding carboxylic acids is 1. The summed E-state index contributed by atoms with van der Waals surface area (Å²) in [5, 5.41) is 12.8. The Labute approximate surface area is 107 Å². The van der Waals surface area contributed by atoms with Crippen molar-refractivity contribution in [2.45, 2.75) is 32.2 Å². The largest absolute Gasteiger partial charge is 0.435 e. The van der Waals surface area contributed by atoms with E-state index in [4.69, 9.17) is 0 Å². The summed E-state index contributed by atoms with van der Waals surface area (Å²) < 4.78 is 26.8. The van der Waals surface area contributed by atoms with E-state index in [9.17, 15) is 23.7 Å². The van der Waals surface area contributed by atoms with Crippen LogP contribution in [0.5, 0.6) is 0 Å². The number of rotatable bonds is 7. The Balaban J connectivity index is 2.44. The highest BCUT2D eigenvalue weighted by Gasteiger charge is 2.25. The lowest BCUT2D eigenvalue weighted by Crippen LogP contribution is -2.31. The molecule has 1 rings (SSSR count). The summed E-state index contributed by atoms with van der Waals surface area (Å²) >= 11 is 0. The number of imidazole rings is 1. The summed E-state index contributed by atoms with van der Waals surface area (Å²) in [7, 11) is 0. The molecule has 0 spiro atoms. The van der Waals surface area contributed by atoms with Crippen LogP contribution in [0.1, 0.15) is 19.8 Å². The van der Waals surface area contributed by atoms with Crippen molar-refractivity contribution in [1.82, 2.24) is 14.9 Å². The molecule has 0 saturated heterocycles. The highest BCUT2D eigenvalue weighted by Crippen LogP contribution is 2.21. The van der Waals surface area contributed by atoms with Gasteiger partial charge in [0.1, 0.15) is 12.4 Å². The number of nitro groups is 1. The van der Waals surface area contributed by atoms with Crippen molar-refractivity contribution in [3.63, 3.8) is 0 Å². The fraction of sp³-hybridized carbons (Fsp3) is 0.600. The maximum atomic E-state index is 12.9. The fourth-order valence-electron chi connectivity index (χ4n) is 1.37. The van der Waals surface area contributed by atoms with Gasteiger partial charge in [-0.25, -0.2) is 13.3 Å². The Kier molecular flexibility index (Phi) is 4.90. The summed E-state index contributed by atoms with van der Waals surface area (Å²) in [6.45, 7) is 0.854. The Morgan fingerprint density at radius 2 is 2.32 bits per heavy atom. The maximum absolute atomic E-state index is 12.9. The number of nitrogens with zero attached hydrogens (tertiary/aromatic N) is 3. The molecule has 0 saturated carbocycles. The first kappa shape index (κ1) is 15.0. The molecule has 1 aromatic rings. The van der Waals surface area contributed by atoms with Crippen molar-refractivity contribution in [2.75, 3.05) is 6.54 Å². The van der Waals surface area contributed by atoms with Crippen LogP contribution >= 0.6 is 0 Å². The van der Waals surface area contributed by atoms with Gasteiger partial charge in [-0.05, 0) is 4.92 Å². The molecule has 9 heteroatoms. The molecule has 0 aliphatic rings. The molecule has 0 aliphatic heterocycles. The molecule has 0 aromatic carbocycles. The predicted octanol–water partition coefficient (Wildman–Crippen LogP) is 1.34. The lowest BCUT2D eigenvalue weighted by Gasteiger charge is -2.13. The topological polar surface area (TPSA) is 90.1 Å². The van der Waals surface area contributed by atoms with Crippen LogP contribution in [0, 0.1) is 10.1 Å². The molecule has 106 valence electrons. The highest BCUT2D eigenvalue weighted by atomic mass is 19.3. The second-order valence-electron chi connectivity index (χ2n) is 3.92. The smallest absolute Gasteiger partial charge is 0.390 e. The van der Waals surface area contributed by atoms with E-state index in [0.29, 0.717) is 0 Å². The first-order valence-corrected chi connectivity index (χ1v) is 5.66. The van der Waals surface area contributed by atoms with E-state index in [1.807, 2.05) is 0 Å². The molecule has 0 aliphatic carbocycles. The first-order valence-electron chi connectivity index (χ1n) is 5.66. The van der Waals surface area contributed by atoms with Crippen molar-refractivity contribution in [3.8, 4) is 0 Å². The standard InChI is InChI=1S/C10H14F2N4O3/c1-2-10(11,12)3-4-13-8(17)7-15-6-5-14-9(15)16(18)19/h5-6H,2-4,7H2,1H3,(H,13,17). The average molecular weight is 276 g/mol. The average Bonchev–Trinajstić information content (AvgIpc) is 2.77. The van der Waals surface area contributed by atoms with Crippen molar-refractivity contribution >= 4 is 11.9 Å². The highest BCUT2D eigenvalue weighted by molar-refractivity contribution is 5.75. The number of aromatic nitrogens is 2. The second kappa shape index (κ2) is 6.21. The Hall–Kier alpha value is -2.06. The molecular weight excluding hydrogens is 262 g/mol. The number of hydrogen-bond donors (Lipinski definition) is 1. The number of halogens is 2. The third-order valence-electron chi connectivity index (χ3n) is 2.50. The van der Waals surface area contributed by atoms with Crippen LogP contribution in [-0.2, 0) is 11.3 Å². The van der Waals surface area contributed by atoms with Crippen LogP contribution in [0.2, 0.25) is 0 Å². The second-order valence-corrected chi connectivity index (χ2v) is 3.92. The summed E-state index contributed by atoms with van der Waals surface area (Å²) in [6, 6.07) is 0. The molecular formula is C10H14F2N4O3. The van der Waals surface area contributed by atoms with Crippen LogP contribution in [0.25, 0.3) is 0 Å². The number of alkyl halides is 2. The maximum Gasteiger partial charge on any atom is 0.435 e. The fourth-order valence-corrected chi connectivity index (χ4v) is 1.37. The SMILES string of the molecule is CCC(F)(F)CCNC(=O)Cn1ccnc1[N+](=O)[O-]. The van der Waals surface area contributed by atoms with E-state index in [2.05, 4.69) is 10.3 Å². The zero-order chi connectivity index (χ0) is 14.5. The van der Waals surface area contributed by atoms with E-state index < -0.39 is 29.1 Å². The molecule has 1 amide bonds. The number of hydrogen-bond acceptors (Lipinski definition) is 4. The molecule has 1 aromatic heterocycles. The lowest BCUT2D eigenvalue weighted by molar-refractivity contribution is -0.396. The quantitative estimate of drug-likeness (QED) is 0.601. The Morgan fingerprint density at radius 3 is 2.89 bits per heavy atom. The summed E-state index contributed by atoms with van der Waals surface area (Å²) in [5.41, 5.74) is 0. The van der Waals surface area contributed by atoms with Gasteiger partial charge in [0.25, 0.3) is 5.91 Å². The molecule has 19 heavy (non-hydrogen) atoms. The van der Waals surface area contributed by atoms with Gasteiger partial charge in [0.15, 0.2) is 6.54 Å². The Morgan fingerprint density at radius 1 is 1.63 bits per heavy atom. The molecule has 0 atom stereocenters. The van der Waals surface area contributed by atoms with Gasteiger partial charge in [-0.15, -0.1) is 0 Å². The summed E-state index contributed by atoms with van der Waals surface area (Å²) in [6.07, 6.45) is 1.71. The van der Waals surface area contributed by atoms with Crippen molar-refractivity contribution in [3.05, 3.63) is 22.5 Å². The van der Waals surface area contributed by atoms with Crippen LogP contribution in [0.4, 0.5) is 14.7 Å². The number of carbonyl (C=O) groups is 1. The predicted molar refractivity (Wildman–Crippen MR) is 61.7 cm³/mol. The van der Waals surface area contributed by atoms with Gasteiger partial charge < -0.3 is 15.4 Å². The monoisotopic (exact) mass is 276 g/mol. The van der Waals surface area contributed by atoms with Gasteiger partial charge in [0.2, 0.25) is 5.92 Å². The first-order chi connectivity index (χ1) is 8.85. The van der Waals surface area contributed by atoms with Crippen molar-refractivity contribution in [2.24, 2.45) is 0 Å². The molecule has 0 fully saturated rings. The minimum atomic E-state index is -2.81. The van der Waals surface area contributed by atoms with Crippen LogP contribution in [-0.4, -0.2) is 32.8 Å². The number of amides is 1. The van der Waals surface area contributed by atoms with Crippen LogP contribution in [0.15, 0.2) is 12.4 Å². The zero-order valence-corrected chi connectivity index (χ0v) is 10.3. The minimum Gasteiger partial charge on any atom is -0.390 e. The van der Waals surface area contributed by atoms with E-state index in [0.717, 1.165) is 4.57 Å². The lowest BCUT2D eigenvalue weighted by atomic mass is 10.2. The van der Waals surface area contributed by atoms with Gasteiger partial charge in [0.05, 0.1) is 0 Å². The van der Waals surface area contributed by atoms with E-state index in [1.54, 1.807) is 0 Å². The molecule has 7 nitrogen and oxygen atoms in total. The Bertz CT molecular complexity index is 461. The van der Waals surface area contributed by atoms with E-state index >= 15 is 0 Å². The molecule has 0 unspecified atom stereocenters. The van der Waals surface area contributed by atoms with Gasteiger partial charge in [-0.1, -0.05) is 11.9 Å². The molecule has 0 bridgehead atoms. The summed E-state index contributed by atoms with van der Waals surface area (Å²) in [5.74, 6) is -3.85.